The summed E-state index contributed by atoms with van der Waals surface area (Å²) in [6, 6.07) is 13.0. The molecule has 1 saturated heterocycles. The Morgan fingerprint density at radius 2 is 1.59 bits per heavy atom. The Morgan fingerprint density at radius 3 is 2.15 bits per heavy atom. The van der Waals surface area contributed by atoms with E-state index < -0.39 is 10.0 Å². The van der Waals surface area contributed by atoms with Crippen molar-refractivity contribution in [3.8, 4) is 0 Å². The Bertz CT molecular complexity index is 928. The first-order valence-corrected chi connectivity index (χ1v) is 10.7. The van der Waals surface area contributed by atoms with Gasteiger partial charge >= 0.3 is 0 Å². The maximum Gasteiger partial charge on any atom is 0.253 e. The van der Waals surface area contributed by atoms with Crippen LogP contribution in [-0.4, -0.2) is 49.7 Å². The second kappa shape index (κ2) is 7.82. The number of piperazine rings is 1. The Kier molecular flexibility index (Phi) is 5.67. The highest BCUT2D eigenvalue weighted by Gasteiger charge is 2.31. The van der Waals surface area contributed by atoms with E-state index in [1.165, 1.54) is 9.87 Å². The normalized spacial score (nSPS) is 15.7. The number of carbonyl (C=O) groups excluding carboxylic acids is 1. The molecule has 0 saturated carbocycles. The fourth-order valence-corrected chi connectivity index (χ4v) is 5.05. The van der Waals surface area contributed by atoms with Crippen LogP contribution in [0, 0.1) is 13.8 Å². The van der Waals surface area contributed by atoms with Crippen LogP contribution in [0.2, 0.25) is 0 Å². The van der Waals surface area contributed by atoms with Crippen LogP contribution in [-0.2, 0) is 16.4 Å². The van der Waals surface area contributed by atoms with E-state index in [4.69, 9.17) is 0 Å². The molecular formula is C21H26N2O3S. The van der Waals surface area contributed by atoms with Gasteiger partial charge in [0.2, 0.25) is 10.0 Å². The van der Waals surface area contributed by atoms with Gasteiger partial charge in [0.15, 0.2) is 0 Å². The van der Waals surface area contributed by atoms with Crippen molar-refractivity contribution >= 4 is 15.9 Å². The summed E-state index contributed by atoms with van der Waals surface area (Å²) in [5.74, 6) is -0.0405. The van der Waals surface area contributed by atoms with Crippen LogP contribution in [0.1, 0.15) is 34.0 Å². The van der Waals surface area contributed by atoms with Crippen molar-refractivity contribution in [3.63, 3.8) is 0 Å². The smallest absolute Gasteiger partial charge is 0.253 e. The maximum atomic E-state index is 13.0. The lowest BCUT2D eigenvalue weighted by Crippen LogP contribution is -2.50. The Labute approximate surface area is 161 Å². The fourth-order valence-electron chi connectivity index (χ4n) is 3.42. The number of hydrogen-bond acceptors (Lipinski definition) is 3. The van der Waals surface area contributed by atoms with Crippen molar-refractivity contribution in [1.29, 1.82) is 0 Å². The number of aryl methyl sites for hydroxylation is 3. The third-order valence-corrected chi connectivity index (χ3v) is 7.14. The zero-order valence-corrected chi connectivity index (χ0v) is 16.9. The molecule has 2 aromatic rings. The molecule has 0 atom stereocenters. The minimum atomic E-state index is -3.54. The molecule has 6 heteroatoms. The van der Waals surface area contributed by atoms with Gasteiger partial charge in [-0.2, -0.15) is 4.31 Å². The topological polar surface area (TPSA) is 57.7 Å². The van der Waals surface area contributed by atoms with Crippen LogP contribution < -0.4 is 0 Å². The van der Waals surface area contributed by atoms with Crippen molar-refractivity contribution in [2.75, 3.05) is 26.2 Å². The van der Waals surface area contributed by atoms with Crippen LogP contribution in [0.25, 0.3) is 0 Å². The summed E-state index contributed by atoms with van der Waals surface area (Å²) in [7, 11) is -3.54. The number of nitrogens with zero attached hydrogens (tertiary/aromatic N) is 2. The third-order valence-electron chi connectivity index (χ3n) is 5.08. The Morgan fingerprint density at radius 1 is 0.963 bits per heavy atom. The van der Waals surface area contributed by atoms with Crippen LogP contribution in [0.15, 0.2) is 47.4 Å². The van der Waals surface area contributed by atoms with Gasteiger partial charge in [-0.25, -0.2) is 8.42 Å². The molecule has 2 aromatic carbocycles. The highest BCUT2D eigenvalue weighted by atomic mass is 32.2. The van der Waals surface area contributed by atoms with Crippen LogP contribution >= 0.6 is 0 Å². The summed E-state index contributed by atoms with van der Waals surface area (Å²) < 4.78 is 27.4. The minimum absolute atomic E-state index is 0.0405. The summed E-state index contributed by atoms with van der Waals surface area (Å²) in [5.41, 5.74) is 3.63. The van der Waals surface area contributed by atoms with Gasteiger partial charge in [0.05, 0.1) is 4.90 Å². The Hall–Kier alpha value is -2.18. The summed E-state index contributed by atoms with van der Waals surface area (Å²) in [4.78, 5) is 14.8. The Balaban J connectivity index is 1.69. The standard InChI is InChI=1S/C21H26N2O3S/c1-4-18-6-8-19(9-7-18)21(24)22-11-13-23(14-12-22)27(25,26)20-10-5-16(2)15-17(20)3/h5-10,15H,4,11-14H2,1-3H3. The van der Waals surface area contributed by atoms with E-state index in [-0.39, 0.29) is 5.91 Å². The third kappa shape index (κ3) is 4.06. The van der Waals surface area contributed by atoms with Gasteiger partial charge in [-0.05, 0) is 49.6 Å². The zero-order valence-electron chi connectivity index (χ0n) is 16.1. The first kappa shape index (κ1) is 19.6. The molecule has 5 nitrogen and oxygen atoms in total. The molecule has 0 bridgehead atoms. The molecule has 144 valence electrons. The van der Waals surface area contributed by atoms with Crippen LogP contribution in [0.3, 0.4) is 0 Å². The summed E-state index contributed by atoms with van der Waals surface area (Å²) in [6.45, 7) is 7.27. The summed E-state index contributed by atoms with van der Waals surface area (Å²) in [6.07, 6.45) is 0.934. The molecule has 1 aliphatic heterocycles. The van der Waals surface area contributed by atoms with Crippen molar-refractivity contribution in [2.24, 2.45) is 0 Å². The van der Waals surface area contributed by atoms with E-state index in [9.17, 15) is 13.2 Å². The van der Waals surface area contributed by atoms with Gasteiger partial charge in [0, 0.05) is 31.7 Å². The van der Waals surface area contributed by atoms with E-state index in [1.54, 1.807) is 11.0 Å². The molecule has 0 aliphatic carbocycles. The molecule has 27 heavy (non-hydrogen) atoms. The molecular weight excluding hydrogens is 360 g/mol. The second-order valence-electron chi connectivity index (χ2n) is 7.02. The quantitative estimate of drug-likeness (QED) is 0.812. The van der Waals surface area contributed by atoms with E-state index in [1.807, 2.05) is 50.2 Å². The summed E-state index contributed by atoms with van der Waals surface area (Å²) >= 11 is 0. The highest BCUT2D eigenvalue weighted by Crippen LogP contribution is 2.22. The first-order chi connectivity index (χ1) is 12.8. The van der Waals surface area contributed by atoms with Gasteiger partial charge in [-0.3, -0.25) is 4.79 Å². The maximum absolute atomic E-state index is 13.0. The first-order valence-electron chi connectivity index (χ1n) is 9.28. The monoisotopic (exact) mass is 386 g/mol. The molecule has 1 heterocycles. The number of hydrogen-bond donors (Lipinski definition) is 0. The molecule has 0 spiro atoms. The number of benzene rings is 2. The van der Waals surface area contributed by atoms with E-state index in [2.05, 4.69) is 6.92 Å². The number of rotatable bonds is 4. The molecule has 0 N–H and O–H groups in total. The molecule has 1 aliphatic rings. The van der Waals surface area contributed by atoms with Crippen molar-refractivity contribution in [1.82, 2.24) is 9.21 Å². The van der Waals surface area contributed by atoms with Gasteiger partial charge < -0.3 is 4.90 Å². The van der Waals surface area contributed by atoms with Crippen molar-refractivity contribution in [3.05, 3.63) is 64.7 Å². The van der Waals surface area contributed by atoms with E-state index >= 15 is 0 Å². The SMILES string of the molecule is CCc1ccc(C(=O)N2CCN(S(=O)(=O)c3ccc(C)cc3C)CC2)cc1. The van der Waals surface area contributed by atoms with Gasteiger partial charge in [-0.1, -0.05) is 36.8 Å². The average Bonchev–Trinajstić information content (AvgIpc) is 2.67. The number of sulfonamides is 1. The predicted molar refractivity (Wildman–Crippen MR) is 106 cm³/mol. The molecule has 1 fully saturated rings. The van der Waals surface area contributed by atoms with E-state index in [0.29, 0.717) is 36.6 Å². The largest absolute Gasteiger partial charge is 0.336 e. The minimum Gasteiger partial charge on any atom is -0.336 e. The fraction of sp³-hybridized carbons (Fsp3) is 0.381. The molecule has 1 amide bonds. The lowest BCUT2D eigenvalue weighted by atomic mass is 10.1. The molecule has 0 radical (unpaired) electrons. The van der Waals surface area contributed by atoms with Crippen LogP contribution in [0.4, 0.5) is 0 Å². The molecule has 3 rings (SSSR count). The second-order valence-corrected chi connectivity index (χ2v) is 8.92. The predicted octanol–water partition coefficient (Wildman–Crippen LogP) is 3.01. The molecule has 0 aromatic heterocycles. The van der Waals surface area contributed by atoms with Crippen molar-refractivity contribution in [2.45, 2.75) is 32.1 Å². The summed E-state index contributed by atoms with van der Waals surface area (Å²) in [5, 5.41) is 0. The molecule has 0 unspecified atom stereocenters. The lowest BCUT2D eigenvalue weighted by molar-refractivity contribution is 0.0698. The van der Waals surface area contributed by atoms with Gasteiger partial charge in [-0.15, -0.1) is 0 Å². The van der Waals surface area contributed by atoms with E-state index in [0.717, 1.165) is 17.5 Å². The zero-order chi connectivity index (χ0) is 19.6. The lowest BCUT2D eigenvalue weighted by Gasteiger charge is -2.34. The van der Waals surface area contributed by atoms with Gasteiger partial charge in [0.1, 0.15) is 0 Å². The van der Waals surface area contributed by atoms with Gasteiger partial charge in [0.25, 0.3) is 5.91 Å². The average molecular weight is 387 g/mol. The van der Waals surface area contributed by atoms with Crippen molar-refractivity contribution < 1.29 is 13.2 Å². The van der Waals surface area contributed by atoms with Crippen LogP contribution in [0.5, 0.6) is 0 Å². The number of amides is 1. The number of carbonyl (C=O) groups is 1. The highest BCUT2D eigenvalue weighted by molar-refractivity contribution is 7.89.